The molecule has 1 saturated heterocycles. The highest BCUT2D eigenvalue weighted by Gasteiger charge is 2.16. The second kappa shape index (κ2) is 5.08. The molecule has 1 amide bonds. The zero-order valence-corrected chi connectivity index (χ0v) is 10.4. The Balaban J connectivity index is 1.71. The first kappa shape index (κ1) is 11.7. The number of morpholine rings is 1. The Bertz CT molecular complexity index is 453. The summed E-state index contributed by atoms with van der Waals surface area (Å²) < 4.78 is 5.35. The SMILES string of the molecule is O=C1CCc2cc(CN3CCOCC3)ccc2N1. The maximum atomic E-state index is 11.3. The number of aryl methyl sites for hydroxylation is 1. The largest absolute Gasteiger partial charge is 0.379 e. The molecular formula is C14H18N2O2. The lowest BCUT2D eigenvalue weighted by molar-refractivity contribution is -0.116. The van der Waals surface area contributed by atoms with Crippen LogP contribution < -0.4 is 5.32 Å². The molecule has 0 atom stereocenters. The Morgan fingerprint density at radius 3 is 2.89 bits per heavy atom. The van der Waals surface area contributed by atoms with Crippen molar-refractivity contribution >= 4 is 11.6 Å². The fourth-order valence-corrected chi connectivity index (χ4v) is 2.55. The Morgan fingerprint density at radius 2 is 2.06 bits per heavy atom. The molecule has 0 unspecified atom stereocenters. The van der Waals surface area contributed by atoms with Gasteiger partial charge in [0.15, 0.2) is 0 Å². The van der Waals surface area contributed by atoms with Crippen molar-refractivity contribution in [3.8, 4) is 0 Å². The fraction of sp³-hybridized carbons (Fsp3) is 0.500. The van der Waals surface area contributed by atoms with Crippen LogP contribution in [0.2, 0.25) is 0 Å². The molecule has 4 nitrogen and oxygen atoms in total. The van der Waals surface area contributed by atoms with E-state index in [0.29, 0.717) is 6.42 Å². The molecule has 0 radical (unpaired) electrons. The second-order valence-corrected chi connectivity index (χ2v) is 4.93. The highest BCUT2D eigenvalue weighted by molar-refractivity contribution is 5.93. The highest BCUT2D eigenvalue weighted by Crippen LogP contribution is 2.24. The molecule has 2 aliphatic heterocycles. The zero-order valence-electron chi connectivity index (χ0n) is 10.4. The van der Waals surface area contributed by atoms with Crippen molar-refractivity contribution in [3.05, 3.63) is 29.3 Å². The average Bonchev–Trinajstić information content (AvgIpc) is 2.40. The molecule has 2 aliphatic rings. The molecule has 18 heavy (non-hydrogen) atoms. The van der Waals surface area contributed by atoms with Gasteiger partial charge in [-0.15, -0.1) is 0 Å². The number of rotatable bonds is 2. The normalized spacial score (nSPS) is 20.3. The third-order valence-electron chi connectivity index (χ3n) is 3.58. The molecule has 0 saturated carbocycles. The van der Waals surface area contributed by atoms with Crippen LogP contribution in [0.4, 0.5) is 5.69 Å². The third kappa shape index (κ3) is 2.54. The quantitative estimate of drug-likeness (QED) is 0.857. The van der Waals surface area contributed by atoms with E-state index < -0.39 is 0 Å². The van der Waals surface area contributed by atoms with E-state index in [4.69, 9.17) is 4.74 Å². The molecule has 1 N–H and O–H groups in total. The summed E-state index contributed by atoms with van der Waals surface area (Å²) in [4.78, 5) is 13.7. The summed E-state index contributed by atoms with van der Waals surface area (Å²) in [5.74, 6) is 0.128. The van der Waals surface area contributed by atoms with Crippen LogP contribution in [0, 0.1) is 0 Å². The minimum absolute atomic E-state index is 0.128. The van der Waals surface area contributed by atoms with Crippen LogP contribution in [0.1, 0.15) is 17.5 Å². The lowest BCUT2D eigenvalue weighted by Crippen LogP contribution is -2.35. The standard InChI is InChI=1S/C14H18N2O2/c17-14-4-2-12-9-11(1-3-13(12)15-14)10-16-5-7-18-8-6-16/h1,3,9H,2,4-8,10H2,(H,15,17). The van der Waals surface area contributed by atoms with E-state index in [2.05, 4.69) is 22.3 Å². The summed E-state index contributed by atoms with van der Waals surface area (Å²) in [7, 11) is 0. The lowest BCUT2D eigenvalue weighted by Gasteiger charge is -2.27. The molecular weight excluding hydrogens is 228 g/mol. The van der Waals surface area contributed by atoms with Gasteiger partial charge in [0.05, 0.1) is 13.2 Å². The van der Waals surface area contributed by atoms with Gasteiger partial charge in [-0.1, -0.05) is 12.1 Å². The van der Waals surface area contributed by atoms with E-state index in [9.17, 15) is 4.79 Å². The van der Waals surface area contributed by atoms with Gasteiger partial charge in [-0.05, 0) is 23.6 Å². The van der Waals surface area contributed by atoms with Crippen LogP contribution in [0.15, 0.2) is 18.2 Å². The van der Waals surface area contributed by atoms with Gasteiger partial charge in [0.2, 0.25) is 5.91 Å². The lowest BCUT2D eigenvalue weighted by atomic mass is 10.00. The Kier molecular flexibility index (Phi) is 3.30. The second-order valence-electron chi connectivity index (χ2n) is 4.93. The van der Waals surface area contributed by atoms with Gasteiger partial charge in [0.25, 0.3) is 0 Å². The van der Waals surface area contributed by atoms with Crippen LogP contribution in [0.25, 0.3) is 0 Å². The molecule has 1 aromatic carbocycles. The van der Waals surface area contributed by atoms with Gasteiger partial charge < -0.3 is 10.1 Å². The molecule has 0 spiro atoms. The Labute approximate surface area is 107 Å². The number of hydrogen-bond acceptors (Lipinski definition) is 3. The van der Waals surface area contributed by atoms with Crippen LogP contribution in [0.5, 0.6) is 0 Å². The van der Waals surface area contributed by atoms with Crippen molar-refractivity contribution in [2.24, 2.45) is 0 Å². The van der Waals surface area contributed by atoms with Crippen LogP contribution in [-0.4, -0.2) is 37.1 Å². The molecule has 3 rings (SSSR count). The summed E-state index contributed by atoms with van der Waals surface area (Å²) >= 11 is 0. The zero-order chi connectivity index (χ0) is 12.4. The molecule has 4 heteroatoms. The van der Waals surface area contributed by atoms with E-state index >= 15 is 0 Å². The van der Waals surface area contributed by atoms with Gasteiger partial charge >= 0.3 is 0 Å². The smallest absolute Gasteiger partial charge is 0.224 e. The van der Waals surface area contributed by atoms with Crippen LogP contribution in [-0.2, 0) is 22.5 Å². The van der Waals surface area contributed by atoms with Gasteiger partial charge in [0.1, 0.15) is 0 Å². The summed E-state index contributed by atoms with van der Waals surface area (Å²) in [6, 6.07) is 6.37. The van der Waals surface area contributed by atoms with Gasteiger partial charge in [-0.25, -0.2) is 0 Å². The number of ether oxygens (including phenoxy) is 1. The molecule has 0 aromatic heterocycles. The van der Waals surface area contributed by atoms with Gasteiger partial charge in [-0.2, -0.15) is 0 Å². The topological polar surface area (TPSA) is 41.6 Å². The minimum atomic E-state index is 0.128. The fourth-order valence-electron chi connectivity index (χ4n) is 2.55. The maximum absolute atomic E-state index is 11.3. The van der Waals surface area contributed by atoms with E-state index in [1.54, 1.807) is 0 Å². The van der Waals surface area contributed by atoms with Crippen molar-refractivity contribution in [3.63, 3.8) is 0 Å². The van der Waals surface area contributed by atoms with E-state index in [1.807, 2.05) is 6.07 Å². The Morgan fingerprint density at radius 1 is 1.22 bits per heavy atom. The maximum Gasteiger partial charge on any atom is 0.224 e. The Hall–Kier alpha value is -1.39. The summed E-state index contributed by atoms with van der Waals surface area (Å²) in [5, 5.41) is 2.92. The first-order valence-electron chi connectivity index (χ1n) is 6.53. The first-order valence-corrected chi connectivity index (χ1v) is 6.53. The summed E-state index contributed by atoms with van der Waals surface area (Å²) in [5.41, 5.74) is 3.57. The highest BCUT2D eigenvalue weighted by atomic mass is 16.5. The number of nitrogens with one attached hydrogen (secondary N) is 1. The molecule has 0 bridgehead atoms. The van der Waals surface area contributed by atoms with Crippen molar-refractivity contribution in [1.82, 2.24) is 4.90 Å². The monoisotopic (exact) mass is 246 g/mol. The predicted molar refractivity (Wildman–Crippen MR) is 69.5 cm³/mol. The molecule has 2 heterocycles. The average molecular weight is 246 g/mol. The van der Waals surface area contributed by atoms with E-state index in [0.717, 1.165) is 45.0 Å². The predicted octanol–water partition coefficient (Wildman–Crippen LogP) is 1.40. The third-order valence-corrected chi connectivity index (χ3v) is 3.58. The van der Waals surface area contributed by atoms with Gasteiger partial charge in [-0.3, -0.25) is 9.69 Å². The number of carbonyl (C=O) groups excluding carboxylic acids is 1. The van der Waals surface area contributed by atoms with E-state index in [1.165, 1.54) is 11.1 Å². The summed E-state index contributed by atoms with van der Waals surface area (Å²) in [6.45, 7) is 4.66. The number of nitrogens with zero attached hydrogens (tertiary/aromatic N) is 1. The van der Waals surface area contributed by atoms with Crippen LogP contribution >= 0.6 is 0 Å². The minimum Gasteiger partial charge on any atom is -0.379 e. The summed E-state index contributed by atoms with van der Waals surface area (Å²) in [6.07, 6.45) is 1.46. The van der Waals surface area contributed by atoms with E-state index in [-0.39, 0.29) is 5.91 Å². The number of anilines is 1. The number of amides is 1. The molecule has 1 aromatic rings. The number of hydrogen-bond donors (Lipinski definition) is 1. The number of carbonyl (C=O) groups is 1. The van der Waals surface area contributed by atoms with Crippen LogP contribution in [0.3, 0.4) is 0 Å². The van der Waals surface area contributed by atoms with Gasteiger partial charge in [0, 0.05) is 31.7 Å². The van der Waals surface area contributed by atoms with Crippen molar-refractivity contribution in [2.45, 2.75) is 19.4 Å². The number of benzene rings is 1. The van der Waals surface area contributed by atoms with Crippen molar-refractivity contribution in [2.75, 3.05) is 31.6 Å². The molecule has 96 valence electrons. The number of fused-ring (bicyclic) bond motifs is 1. The van der Waals surface area contributed by atoms with Crippen molar-refractivity contribution in [1.29, 1.82) is 0 Å². The van der Waals surface area contributed by atoms with Crippen molar-refractivity contribution < 1.29 is 9.53 Å². The first-order chi connectivity index (χ1) is 8.81. The molecule has 1 fully saturated rings. The molecule has 0 aliphatic carbocycles.